The molecule has 0 amide bonds. The maximum Gasteiger partial charge on any atom is 0.316 e. The van der Waals surface area contributed by atoms with Gasteiger partial charge < -0.3 is 36.0 Å². The van der Waals surface area contributed by atoms with Crippen LogP contribution in [-0.4, -0.2) is 66.7 Å². The number of nitrogens with zero attached hydrogens (tertiary/aromatic N) is 1. The van der Waals surface area contributed by atoms with Gasteiger partial charge >= 0.3 is 5.97 Å². The summed E-state index contributed by atoms with van der Waals surface area (Å²) in [6.07, 6.45) is 2.34. The number of benzene rings is 1. The standard InChI is InChI=1S/C18H24NO4.BrH/c1-19(2)14-8-12(9-15(19)17-16(14)23-17)22-18(21)13(10-20)11-6-4-3-5-7-11;/h3-7,12-17,20H,8-10H2,1-2H3;1H/q+1;/p-1/t12?,13-,14-,15+,16+,17-;/m0./s1. The lowest BCUT2D eigenvalue weighted by Gasteiger charge is -2.45. The minimum absolute atomic E-state index is 0. The smallest absolute Gasteiger partial charge is 0.316 e. The van der Waals surface area contributed by atoms with Gasteiger partial charge in [-0.15, -0.1) is 0 Å². The molecule has 0 radical (unpaired) electrons. The molecule has 132 valence electrons. The Kier molecular flexibility index (Phi) is 4.77. The Morgan fingerprint density at radius 2 is 1.83 bits per heavy atom. The average Bonchev–Trinajstić information content (AvgIpc) is 3.27. The van der Waals surface area contributed by atoms with Crippen LogP contribution in [0.1, 0.15) is 24.3 Å². The number of carbonyl (C=O) groups is 1. The molecule has 3 saturated heterocycles. The number of quaternary nitrogens is 1. The first-order valence-electron chi connectivity index (χ1n) is 8.37. The SMILES string of the molecule is C[N+]1(C)[C@@H]2CC(OC(=O)[C@@H](CO)c3ccccc3)C[C@H]1[C@H]1O[C@H]12.[Br-]. The summed E-state index contributed by atoms with van der Waals surface area (Å²) in [6, 6.07) is 10.2. The third-order valence-corrected chi connectivity index (χ3v) is 5.99. The van der Waals surface area contributed by atoms with Crippen LogP contribution in [0.3, 0.4) is 0 Å². The van der Waals surface area contributed by atoms with Gasteiger partial charge in [-0.3, -0.25) is 4.79 Å². The Balaban J connectivity index is 0.00000169. The summed E-state index contributed by atoms with van der Waals surface area (Å²) < 4.78 is 12.5. The third kappa shape index (κ3) is 2.79. The van der Waals surface area contributed by atoms with Gasteiger partial charge in [-0.05, 0) is 5.56 Å². The van der Waals surface area contributed by atoms with Crippen molar-refractivity contribution in [2.24, 2.45) is 0 Å². The van der Waals surface area contributed by atoms with Crippen LogP contribution in [0, 0.1) is 0 Å². The summed E-state index contributed by atoms with van der Waals surface area (Å²) in [4.78, 5) is 12.5. The largest absolute Gasteiger partial charge is 1.00 e. The van der Waals surface area contributed by atoms with E-state index in [2.05, 4.69) is 14.1 Å². The second kappa shape index (κ2) is 6.41. The van der Waals surface area contributed by atoms with Crippen molar-refractivity contribution < 1.29 is 40.8 Å². The van der Waals surface area contributed by atoms with E-state index >= 15 is 0 Å². The lowest BCUT2D eigenvalue weighted by Crippen LogP contribution is -3.00. The zero-order valence-electron chi connectivity index (χ0n) is 14.0. The summed E-state index contributed by atoms with van der Waals surface area (Å²) in [6.45, 7) is -0.224. The van der Waals surface area contributed by atoms with Crippen molar-refractivity contribution in [3.8, 4) is 0 Å². The predicted octanol–water partition coefficient (Wildman–Crippen LogP) is -1.93. The molecule has 0 aromatic heterocycles. The number of epoxide rings is 1. The summed E-state index contributed by atoms with van der Waals surface area (Å²) >= 11 is 0. The number of rotatable bonds is 4. The van der Waals surface area contributed by atoms with Crippen molar-refractivity contribution in [2.45, 2.75) is 49.2 Å². The van der Waals surface area contributed by atoms with E-state index in [1.165, 1.54) is 0 Å². The molecule has 1 aromatic carbocycles. The highest BCUT2D eigenvalue weighted by Gasteiger charge is 2.70. The number of halogens is 1. The summed E-state index contributed by atoms with van der Waals surface area (Å²) in [5, 5.41) is 9.60. The fraction of sp³-hybridized carbons (Fsp3) is 0.611. The van der Waals surface area contributed by atoms with Gasteiger partial charge in [0.05, 0.1) is 20.7 Å². The van der Waals surface area contributed by atoms with Gasteiger partial charge in [0.2, 0.25) is 0 Å². The van der Waals surface area contributed by atoms with Crippen molar-refractivity contribution in [1.29, 1.82) is 0 Å². The monoisotopic (exact) mass is 397 g/mol. The van der Waals surface area contributed by atoms with Crippen molar-refractivity contribution >= 4 is 5.97 Å². The predicted molar refractivity (Wildman–Crippen MR) is 83.7 cm³/mol. The van der Waals surface area contributed by atoms with Crippen molar-refractivity contribution in [3.63, 3.8) is 0 Å². The van der Waals surface area contributed by atoms with Crippen LogP contribution in [0.2, 0.25) is 0 Å². The molecular formula is C18H24BrNO4. The molecule has 24 heavy (non-hydrogen) atoms. The van der Waals surface area contributed by atoms with E-state index in [-0.39, 0.29) is 35.7 Å². The van der Waals surface area contributed by atoms with Gasteiger partial charge in [0.1, 0.15) is 36.3 Å². The minimum atomic E-state index is -0.593. The molecular weight excluding hydrogens is 374 g/mol. The van der Waals surface area contributed by atoms with Crippen LogP contribution in [0.4, 0.5) is 0 Å². The van der Waals surface area contributed by atoms with Gasteiger partial charge in [0.15, 0.2) is 0 Å². The minimum Gasteiger partial charge on any atom is -1.00 e. The van der Waals surface area contributed by atoms with E-state index in [1.807, 2.05) is 30.3 Å². The molecule has 0 spiro atoms. The molecule has 0 saturated carbocycles. The number of fused-ring (bicyclic) bond motifs is 5. The first kappa shape index (κ1) is 17.9. The number of morpholine rings is 1. The molecule has 1 unspecified atom stereocenters. The molecule has 1 N–H and O–H groups in total. The number of hydrogen-bond acceptors (Lipinski definition) is 4. The van der Waals surface area contributed by atoms with Gasteiger partial charge in [-0.25, -0.2) is 0 Å². The number of aliphatic hydroxyl groups is 1. The zero-order valence-corrected chi connectivity index (χ0v) is 15.6. The number of aliphatic hydroxyl groups excluding tert-OH is 1. The molecule has 6 atom stereocenters. The topological polar surface area (TPSA) is 59.1 Å². The Morgan fingerprint density at radius 1 is 1.25 bits per heavy atom. The van der Waals surface area contributed by atoms with Crippen molar-refractivity contribution in [1.82, 2.24) is 0 Å². The van der Waals surface area contributed by atoms with E-state index in [0.717, 1.165) is 22.9 Å². The van der Waals surface area contributed by atoms with E-state index in [9.17, 15) is 9.90 Å². The molecule has 3 aliphatic rings. The van der Waals surface area contributed by atoms with Crippen LogP contribution in [0.25, 0.3) is 0 Å². The fourth-order valence-electron chi connectivity index (χ4n) is 4.55. The summed E-state index contributed by atoms with van der Waals surface area (Å²) in [5.41, 5.74) is 0.807. The van der Waals surface area contributed by atoms with Crippen LogP contribution in [-0.2, 0) is 14.3 Å². The van der Waals surface area contributed by atoms with Gasteiger partial charge in [-0.2, -0.15) is 0 Å². The molecule has 3 fully saturated rings. The average molecular weight is 398 g/mol. The van der Waals surface area contributed by atoms with Gasteiger partial charge in [0.25, 0.3) is 0 Å². The van der Waals surface area contributed by atoms with Crippen molar-refractivity contribution in [3.05, 3.63) is 35.9 Å². The Bertz CT molecular complexity index is 588. The quantitative estimate of drug-likeness (QED) is 0.365. The number of carbonyl (C=O) groups excluding carboxylic acids is 1. The number of esters is 1. The van der Waals surface area contributed by atoms with Crippen LogP contribution in [0.15, 0.2) is 30.3 Å². The lowest BCUT2D eigenvalue weighted by atomic mass is 9.95. The number of likely N-dealkylation sites (N-methyl/N-ethyl adjacent to an activating group) is 1. The highest BCUT2D eigenvalue weighted by molar-refractivity contribution is 5.78. The van der Waals surface area contributed by atoms with Gasteiger partial charge in [-0.1, -0.05) is 30.3 Å². The third-order valence-electron chi connectivity index (χ3n) is 5.99. The van der Waals surface area contributed by atoms with E-state index in [1.54, 1.807) is 0 Å². The van der Waals surface area contributed by atoms with E-state index in [4.69, 9.17) is 9.47 Å². The zero-order chi connectivity index (χ0) is 16.2. The second-order valence-corrected chi connectivity index (χ2v) is 7.51. The van der Waals surface area contributed by atoms with Crippen molar-refractivity contribution in [2.75, 3.05) is 20.7 Å². The Morgan fingerprint density at radius 3 is 2.38 bits per heavy atom. The molecule has 3 aliphatic heterocycles. The first-order valence-corrected chi connectivity index (χ1v) is 8.37. The molecule has 6 heteroatoms. The number of hydrogen-bond donors (Lipinski definition) is 1. The number of ether oxygens (including phenoxy) is 2. The molecule has 3 heterocycles. The fourth-order valence-corrected chi connectivity index (χ4v) is 4.55. The Hall–Kier alpha value is -0.950. The molecule has 5 nitrogen and oxygen atoms in total. The number of piperidine rings is 1. The molecule has 4 rings (SSSR count). The lowest BCUT2D eigenvalue weighted by molar-refractivity contribution is -0.938. The molecule has 1 aromatic rings. The van der Waals surface area contributed by atoms with E-state index in [0.29, 0.717) is 24.3 Å². The van der Waals surface area contributed by atoms with Crippen LogP contribution >= 0.6 is 0 Å². The van der Waals surface area contributed by atoms with Gasteiger partial charge in [0, 0.05) is 12.8 Å². The van der Waals surface area contributed by atoms with Crippen LogP contribution < -0.4 is 17.0 Å². The first-order chi connectivity index (χ1) is 11.0. The molecule has 0 aliphatic carbocycles. The second-order valence-electron chi connectivity index (χ2n) is 7.51. The Labute approximate surface area is 152 Å². The van der Waals surface area contributed by atoms with E-state index < -0.39 is 5.92 Å². The highest BCUT2D eigenvalue weighted by atomic mass is 79.9. The molecule has 2 bridgehead atoms. The maximum absolute atomic E-state index is 12.5. The summed E-state index contributed by atoms with van der Waals surface area (Å²) in [5.74, 6) is -0.908. The normalized spacial score (nSPS) is 36.2. The highest BCUT2D eigenvalue weighted by Crippen LogP contribution is 2.51. The maximum atomic E-state index is 12.5. The summed E-state index contributed by atoms with van der Waals surface area (Å²) in [7, 11) is 4.51. The van der Waals surface area contributed by atoms with Crippen LogP contribution in [0.5, 0.6) is 0 Å².